The summed E-state index contributed by atoms with van der Waals surface area (Å²) < 4.78 is 10.8. The van der Waals surface area contributed by atoms with Crippen LogP contribution in [0.4, 0.5) is 10.8 Å². The minimum atomic E-state index is -0.699. The number of allylic oxidation sites excluding steroid dienone is 2. The van der Waals surface area contributed by atoms with Crippen molar-refractivity contribution in [2.75, 3.05) is 18.5 Å². The number of hydrogen-bond donors (Lipinski definition) is 2. The third-order valence-corrected chi connectivity index (χ3v) is 6.88. The molecule has 0 saturated heterocycles. The molecule has 7 nitrogen and oxygen atoms in total. The maximum atomic E-state index is 13.1. The van der Waals surface area contributed by atoms with Crippen LogP contribution in [0.3, 0.4) is 0 Å². The molecule has 192 valence electrons. The number of benzene rings is 2. The predicted molar refractivity (Wildman–Crippen MR) is 147 cm³/mol. The number of dihydropyridines is 1. The summed E-state index contributed by atoms with van der Waals surface area (Å²) >= 11 is 7.60. The van der Waals surface area contributed by atoms with Crippen molar-refractivity contribution >= 4 is 45.7 Å². The van der Waals surface area contributed by atoms with Crippen molar-refractivity contribution in [2.45, 2.75) is 33.6 Å². The molecule has 0 amide bonds. The second-order valence-electron chi connectivity index (χ2n) is 8.34. The van der Waals surface area contributed by atoms with E-state index >= 15 is 0 Å². The zero-order valence-electron chi connectivity index (χ0n) is 21.1. The van der Waals surface area contributed by atoms with E-state index in [-0.39, 0.29) is 13.2 Å². The van der Waals surface area contributed by atoms with Crippen molar-refractivity contribution in [2.24, 2.45) is 0 Å². The van der Waals surface area contributed by atoms with E-state index in [0.29, 0.717) is 38.4 Å². The third-order valence-electron chi connectivity index (χ3n) is 5.89. The van der Waals surface area contributed by atoms with Crippen LogP contribution in [0.5, 0.6) is 0 Å². The zero-order chi connectivity index (χ0) is 26.5. The molecule has 2 N–H and O–H groups in total. The van der Waals surface area contributed by atoms with Crippen molar-refractivity contribution in [3.8, 4) is 11.3 Å². The van der Waals surface area contributed by atoms with Gasteiger partial charge in [-0.25, -0.2) is 14.6 Å². The first kappa shape index (κ1) is 26.4. The molecule has 9 heteroatoms. The molecule has 3 aromatic rings. The van der Waals surface area contributed by atoms with Gasteiger partial charge in [0.1, 0.15) is 0 Å². The number of carbonyl (C=O) groups is 2. The molecule has 37 heavy (non-hydrogen) atoms. The van der Waals surface area contributed by atoms with Crippen LogP contribution in [-0.2, 0) is 19.1 Å². The predicted octanol–water partition coefficient (Wildman–Crippen LogP) is 6.57. The Balaban J connectivity index is 1.78. The highest BCUT2D eigenvalue weighted by Gasteiger charge is 2.39. The summed E-state index contributed by atoms with van der Waals surface area (Å²) in [5.41, 5.74) is 5.13. The minimum Gasteiger partial charge on any atom is -0.463 e. The molecule has 0 unspecified atom stereocenters. The Bertz CT molecular complexity index is 1360. The second kappa shape index (κ2) is 11.6. The molecule has 0 radical (unpaired) electrons. The van der Waals surface area contributed by atoms with E-state index < -0.39 is 17.9 Å². The number of nitrogens with one attached hydrogen (secondary N) is 2. The Morgan fingerprint density at radius 3 is 2.27 bits per heavy atom. The summed E-state index contributed by atoms with van der Waals surface area (Å²) in [7, 11) is 0. The summed E-state index contributed by atoms with van der Waals surface area (Å²) in [6.45, 7) is 7.54. The highest BCUT2D eigenvalue weighted by atomic mass is 35.5. The van der Waals surface area contributed by atoms with E-state index in [4.69, 9.17) is 26.1 Å². The van der Waals surface area contributed by atoms with Crippen LogP contribution in [0.25, 0.3) is 11.3 Å². The van der Waals surface area contributed by atoms with Crippen LogP contribution in [0.2, 0.25) is 5.02 Å². The van der Waals surface area contributed by atoms with Crippen molar-refractivity contribution < 1.29 is 19.1 Å². The van der Waals surface area contributed by atoms with Crippen molar-refractivity contribution in [3.05, 3.63) is 87.0 Å². The summed E-state index contributed by atoms with van der Waals surface area (Å²) in [5, 5.41) is 9.81. The van der Waals surface area contributed by atoms with Crippen molar-refractivity contribution in [3.63, 3.8) is 0 Å². The quantitative estimate of drug-likeness (QED) is 0.314. The number of para-hydroxylation sites is 1. The van der Waals surface area contributed by atoms with Gasteiger partial charge in [0.2, 0.25) is 0 Å². The van der Waals surface area contributed by atoms with Crippen LogP contribution in [0.1, 0.15) is 39.2 Å². The fraction of sp³-hybridized carbons (Fsp3) is 0.250. The smallest absolute Gasteiger partial charge is 0.336 e. The summed E-state index contributed by atoms with van der Waals surface area (Å²) in [4.78, 5) is 31.0. The third kappa shape index (κ3) is 5.70. The standard InChI is InChI=1S/C28H28ClN3O4S/c1-5-35-26(33)23-16(3)30-17(4)24(27(34)36-6-2)25(23)20-12-7-8-13-21(20)31-28-32-22(15-37-28)18-10-9-11-19(29)14-18/h7-15,25,30H,5-6H2,1-4H3,(H,31,32). The second-order valence-corrected chi connectivity index (χ2v) is 9.63. The Morgan fingerprint density at radius 1 is 1.00 bits per heavy atom. The van der Waals surface area contributed by atoms with Crippen molar-refractivity contribution in [1.82, 2.24) is 10.3 Å². The maximum absolute atomic E-state index is 13.1. The molecule has 0 aliphatic carbocycles. The van der Waals surface area contributed by atoms with Gasteiger partial charge in [0.05, 0.1) is 36.0 Å². The molecule has 1 aromatic heterocycles. The molecule has 0 bridgehead atoms. The average molecular weight is 538 g/mol. The van der Waals surface area contributed by atoms with Gasteiger partial charge < -0.3 is 20.1 Å². The molecule has 0 atom stereocenters. The van der Waals surface area contributed by atoms with Crippen molar-refractivity contribution in [1.29, 1.82) is 0 Å². The average Bonchev–Trinajstić information content (AvgIpc) is 3.33. The maximum Gasteiger partial charge on any atom is 0.336 e. The number of aromatic nitrogens is 1. The topological polar surface area (TPSA) is 89.5 Å². The van der Waals surface area contributed by atoms with E-state index in [1.54, 1.807) is 27.7 Å². The fourth-order valence-corrected chi connectivity index (χ4v) is 5.28. The highest BCUT2D eigenvalue weighted by Crippen LogP contribution is 2.43. The zero-order valence-corrected chi connectivity index (χ0v) is 22.6. The highest BCUT2D eigenvalue weighted by molar-refractivity contribution is 7.14. The molecule has 2 aromatic carbocycles. The van der Waals surface area contributed by atoms with E-state index in [0.717, 1.165) is 16.8 Å². The molecule has 2 heterocycles. The number of carbonyl (C=O) groups excluding carboxylic acids is 2. The van der Waals surface area contributed by atoms with Gasteiger partial charge in [0.25, 0.3) is 0 Å². The largest absolute Gasteiger partial charge is 0.463 e. The fourth-order valence-electron chi connectivity index (χ4n) is 4.35. The van der Waals surface area contributed by atoms with Gasteiger partial charge in [-0.15, -0.1) is 11.3 Å². The number of rotatable bonds is 8. The molecular formula is C28H28ClN3O4S. The van der Waals surface area contributed by atoms with E-state index in [1.165, 1.54) is 11.3 Å². The Kier molecular flexibility index (Phi) is 8.31. The SMILES string of the molecule is CCOC(=O)C1=C(C)NC(C)=C(C(=O)OCC)C1c1ccccc1Nc1nc(-c2cccc(Cl)c2)cs1. The van der Waals surface area contributed by atoms with Gasteiger partial charge in [0.15, 0.2) is 5.13 Å². The Morgan fingerprint density at radius 2 is 1.65 bits per heavy atom. The summed E-state index contributed by atoms with van der Waals surface area (Å²) in [6, 6.07) is 15.1. The molecule has 0 saturated carbocycles. The molecule has 4 rings (SSSR count). The number of esters is 2. The number of halogens is 1. The number of ether oxygens (including phenoxy) is 2. The normalized spacial score (nSPS) is 13.9. The molecule has 0 fully saturated rings. The first-order valence-corrected chi connectivity index (χ1v) is 13.2. The van der Waals surface area contributed by atoms with Crippen LogP contribution >= 0.6 is 22.9 Å². The Hall–Kier alpha value is -3.62. The number of hydrogen-bond acceptors (Lipinski definition) is 8. The van der Waals surface area contributed by atoms with Gasteiger partial charge in [-0.1, -0.05) is 41.9 Å². The molecule has 1 aliphatic rings. The summed E-state index contributed by atoms with van der Waals surface area (Å²) in [5.74, 6) is -1.67. The van der Waals surface area contributed by atoms with Gasteiger partial charge in [-0.3, -0.25) is 0 Å². The first-order chi connectivity index (χ1) is 17.8. The van der Waals surface area contributed by atoms with E-state index in [9.17, 15) is 9.59 Å². The van der Waals surface area contributed by atoms with Crippen LogP contribution in [-0.4, -0.2) is 30.1 Å². The molecular weight excluding hydrogens is 510 g/mol. The minimum absolute atomic E-state index is 0.213. The van der Waals surface area contributed by atoms with E-state index in [2.05, 4.69) is 10.6 Å². The Labute approximate surface area is 225 Å². The first-order valence-electron chi connectivity index (χ1n) is 11.9. The lowest BCUT2D eigenvalue weighted by molar-refractivity contribution is -0.139. The lowest BCUT2D eigenvalue weighted by Crippen LogP contribution is -2.32. The lowest BCUT2D eigenvalue weighted by atomic mass is 9.79. The molecule has 1 aliphatic heterocycles. The number of thiazole rings is 1. The van der Waals surface area contributed by atoms with Gasteiger partial charge in [-0.2, -0.15) is 0 Å². The van der Waals surface area contributed by atoms with Gasteiger partial charge in [0, 0.05) is 33.0 Å². The van der Waals surface area contributed by atoms with Crippen LogP contribution in [0, 0.1) is 0 Å². The number of nitrogens with zero attached hydrogens (tertiary/aromatic N) is 1. The lowest BCUT2D eigenvalue weighted by Gasteiger charge is -2.31. The number of anilines is 2. The van der Waals surface area contributed by atoms with E-state index in [1.807, 2.05) is 53.9 Å². The van der Waals surface area contributed by atoms with Gasteiger partial charge >= 0.3 is 11.9 Å². The van der Waals surface area contributed by atoms with Crippen LogP contribution < -0.4 is 10.6 Å². The molecule has 0 spiro atoms. The summed E-state index contributed by atoms with van der Waals surface area (Å²) in [6.07, 6.45) is 0. The monoisotopic (exact) mass is 537 g/mol. The van der Waals surface area contributed by atoms with Crippen LogP contribution in [0.15, 0.2) is 76.5 Å². The van der Waals surface area contributed by atoms with Gasteiger partial charge in [-0.05, 0) is 51.5 Å².